The molecule has 2 aliphatic heterocycles. The molecule has 1 N–H and O–H groups in total. The Hall–Kier alpha value is -0.650. The standard InChI is InChI=1S/C14H27N3O2/c1-15(2)8-9-17(11-14(18)19)13-5-7-16-6-3-4-12(16)10-13/h12-13H,3-11H2,1-2H3,(H,18,19). The molecule has 2 unspecified atom stereocenters. The van der Waals surface area contributed by atoms with E-state index in [0.29, 0.717) is 12.1 Å². The number of nitrogens with zero attached hydrogens (tertiary/aromatic N) is 3. The van der Waals surface area contributed by atoms with E-state index in [0.717, 1.165) is 32.5 Å². The zero-order chi connectivity index (χ0) is 13.8. The molecule has 2 aliphatic rings. The number of likely N-dealkylation sites (N-methyl/N-ethyl adjacent to an activating group) is 1. The normalized spacial score (nSPS) is 28.0. The van der Waals surface area contributed by atoms with E-state index in [4.69, 9.17) is 5.11 Å². The number of carbonyl (C=O) groups is 1. The second-order valence-electron chi connectivity index (χ2n) is 6.18. The van der Waals surface area contributed by atoms with Crippen LogP contribution in [0.3, 0.4) is 0 Å². The van der Waals surface area contributed by atoms with Gasteiger partial charge in [-0.05, 0) is 52.9 Å². The first-order valence-corrected chi connectivity index (χ1v) is 7.41. The van der Waals surface area contributed by atoms with E-state index >= 15 is 0 Å². The minimum atomic E-state index is -0.701. The lowest BCUT2D eigenvalue weighted by Crippen LogP contribution is -2.50. The van der Waals surface area contributed by atoms with Gasteiger partial charge in [0, 0.05) is 25.2 Å². The van der Waals surface area contributed by atoms with E-state index in [-0.39, 0.29) is 6.54 Å². The second kappa shape index (κ2) is 6.68. The van der Waals surface area contributed by atoms with E-state index in [9.17, 15) is 4.79 Å². The molecular weight excluding hydrogens is 242 g/mol. The Kier molecular flexibility index (Phi) is 5.19. The molecule has 110 valence electrons. The van der Waals surface area contributed by atoms with Crippen molar-refractivity contribution in [1.29, 1.82) is 0 Å². The van der Waals surface area contributed by atoms with Crippen LogP contribution in [0.4, 0.5) is 0 Å². The highest BCUT2D eigenvalue weighted by Crippen LogP contribution is 2.29. The van der Waals surface area contributed by atoms with Gasteiger partial charge in [0.1, 0.15) is 0 Å². The Morgan fingerprint density at radius 1 is 1.26 bits per heavy atom. The number of rotatable bonds is 6. The third-order valence-corrected chi connectivity index (χ3v) is 4.48. The molecule has 2 fully saturated rings. The minimum absolute atomic E-state index is 0.186. The quantitative estimate of drug-likeness (QED) is 0.763. The van der Waals surface area contributed by atoms with Crippen molar-refractivity contribution in [3.05, 3.63) is 0 Å². The highest BCUT2D eigenvalue weighted by Gasteiger charge is 2.34. The van der Waals surface area contributed by atoms with Crippen molar-refractivity contribution in [1.82, 2.24) is 14.7 Å². The molecule has 0 saturated carbocycles. The van der Waals surface area contributed by atoms with Gasteiger partial charge in [-0.25, -0.2) is 0 Å². The van der Waals surface area contributed by atoms with Gasteiger partial charge in [-0.15, -0.1) is 0 Å². The van der Waals surface area contributed by atoms with Crippen molar-refractivity contribution in [2.45, 2.75) is 37.8 Å². The summed E-state index contributed by atoms with van der Waals surface area (Å²) in [6.45, 7) is 4.36. The van der Waals surface area contributed by atoms with Crippen LogP contribution in [-0.4, -0.2) is 84.7 Å². The number of carboxylic acid groups (broad SMARTS) is 1. The maximum atomic E-state index is 11.1. The fourth-order valence-electron chi connectivity index (χ4n) is 3.43. The summed E-state index contributed by atoms with van der Waals surface area (Å²) < 4.78 is 0. The zero-order valence-corrected chi connectivity index (χ0v) is 12.2. The van der Waals surface area contributed by atoms with Gasteiger partial charge in [0.15, 0.2) is 0 Å². The Bertz CT molecular complexity index is 309. The van der Waals surface area contributed by atoms with Crippen LogP contribution in [-0.2, 0) is 4.79 Å². The van der Waals surface area contributed by atoms with E-state index in [1.165, 1.54) is 19.4 Å². The van der Waals surface area contributed by atoms with Crippen LogP contribution >= 0.6 is 0 Å². The van der Waals surface area contributed by atoms with Crippen LogP contribution in [0.5, 0.6) is 0 Å². The summed E-state index contributed by atoms with van der Waals surface area (Å²) in [5.74, 6) is -0.701. The monoisotopic (exact) mass is 269 g/mol. The van der Waals surface area contributed by atoms with Crippen LogP contribution in [0.1, 0.15) is 25.7 Å². The molecule has 19 heavy (non-hydrogen) atoms. The summed E-state index contributed by atoms with van der Waals surface area (Å²) in [5, 5.41) is 9.10. The van der Waals surface area contributed by atoms with E-state index in [2.05, 4.69) is 14.7 Å². The summed E-state index contributed by atoms with van der Waals surface area (Å²) in [7, 11) is 4.08. The molecular formula is C14H27N3O2. The smallest absolute Gasteiger partial charge is 0.317 e. The molecule has 2 heterocycles. The lowest BCUT2D eigenvalue weighted by molar-refractivity contribution is -0.139. The number of hydrogen-bond donors (Lipinski definition) is 1. The van der Waals surface area contributed by atoms with Crippen molar-refractivity contribution in [2.75, 3.05) is 46.8 Å². The van der Waals surface area contributed by atoms with E-state index < -0.39 is 5.97 Å². The predicted octanol–water partition coefficient (Wildman–Crippen LogP) is 0.561. The summed E-state index contributed by atoms with van der Waals surface area (Å²) >= 11 is 0. The summed E-state index contributed by atoms with van der Waals surface area (Å²) in [6, 6.07) is 1.16. The Balaban J connectivity index is 1.91. The van der Waals surface area contributed by atoms with Gasteiger partial charge in [-0.3, -0.25) is 9.69 Å². The average Bonchev–Trinajstić information content (AvgIpc) is 2.80. The number of fused-ring (bicyclic) bond motifs is 1. The molecule has 0 aromatic carbocycles. The lowest BCUT2D eigenvalue weighted by atomic mass is 9.96. The van der Waals surface area contributed by atoms with Crippen molar-refractivity contribution in [3.8, 4) is 0 Å². The average molecular weight is 269 g/mol. The fraction of sp³-hybridized carbons (Fsp3) is 0.929. The Morgan fingerprint density at radius 2 is 2.05 bits per heavy atom. The molecule has 2 saturated heterocycles. The first-order chi connectivity index (χ1) is 9.06. The predicted molar refractivity (Wildman–Crippen MR) is 75.4 cm³/mol. The van der Waals surface area contributed by atoms with Crippen LogP contribution in [0, 0.1) is 0 Å². The molecule has 0 aromatic heterocycles. The molecule has 0 bridgehead atoms. The second-order valence-corrected chi connectivity index (χ2v) is 6.18. The van der Waals surface area contributed by atoms with Crippen molar-refractivity contribution in [3.63, 3.8) is 0 Å². The fourth-order valence-corrected chi connectivity index (χ4v) is 3.43. The van der Waals surface area contributed by atoms with Gasteiger partial charge in [0.25, 0.3) is 0 Å². The first kappa shape index (κ1) is 14.8. The first-order valence-electron chi connectivity index (χ1n) is 7.41. The van der Waals surface area contributed by atoms with Crippen molar-refractivity contribution in [2.24, 2.45) is 0 Å². The molecule has 5 heteroatoms. The molecule has 0 amide bonds. The van der Waals surface area contributed by atoms with Crippen LogP contribution in [0.2, 0.25) is 0 Å². The lowest BCUT2D eigenvalue weighted by Gasteiger charge is -2.40. The number of hydrogen-bond acceptors (Lipinski definition) is 4. The highest BCUT2D eigenvalue weighted by molar-refractivity contribution is 5.69. The molecule has 2 atom stereocenters. The maximum absolute atomic E-state index is 11.1. The topological polar surface area (TPSA) is 47.0 Å². The van der Waals surface area contributed by atoms with Crippen molar-refractivity contribution < 1.29 is 9.90 Å². The van der Waals surface area contributed by atoms with E-state index in [1.807, 2.05) is 14.1 Å². The number of piperidine rings is 1. The Morgan fingerprint density at radius 3 is 2.74 bits per heavy atom. The summed E-state index contributed by atoms with van der Waals surface area (Å²) in [6.07, 6.45) is 4.89. The van der Waals surface area contributed by atoms with Gasteiger partial charge in [-0.2, -0.15) is 0 Å². The molecule has 2 rings (SSSR count). The number of carboxylic acids is 1. The highest BCUT2D eigenvalue weighted by atomic mass is 16.4. The third kappa shape index (κ3) is 4.16. The summed E-state index contributed by atoms with van der Waals surface area (Å²) in [5.41, 5.74) is 0. The van der Waals surface area contributed by atoms with Gasteiger partial charge in [0.05, 0.1) is 6.54 Å². The van der Waals surface area contributed by atoms with E-state index in [1.54, 1.807) is 0 Å². The Labute approximate surface area is 116 Å². The SMILES string of the molecule is CN(C)CCN(CC(=O)O)C1CCN2CCCC2C1. The molecule has 0 aromatic rings. The largest absolute Gasteiger partial charge is 0.480 e. The summed E-state index contributed by atoms with van der Waals surface area (Å²) in [4.78, 5) is 17.9. The van der Waals surface area contributed by atoms with Crippen molar-refractivity contribution >= 4 is 5.97 Å². The van der Waals surface area contributed by atoms with Crippen LogP contribution < -0.4 is 0 Å². The molecule has 0 aliphatic carbocycles. The van der Waals surface area contributed by atoms with Gasteiger partial charge in [-0.1, -0.05) is 0 Å². The number of aliphatic carboxylic acids is 1. The zero-order valence-electron chi connectivity index (χ0n) is 12.2. The van der Waals surface area contributed by atoms with Crippen LogP contribution in [0.25, 0.3) is 0 Å². The van der Waals surface area contributed by atoms with Gasteiger partial charge < -0.3 is 14.9 Å². The maximum Gasteiger partial charge on any atom is 0.317 e. The minimum Gasteiger partial charge on any atom is -0.480 e. The molecule has 0 radical (unpaired) electrons. The molecule has 0 spiro atoms. The van der Waals surface area contributed by atoms with Gasteiger partial charge in [0.2, 0.25) is 0 Å². The van der Waals surface area contributed by atoms with Crippen LogP contribution in [0.15, 0.2) is 0 Å². The third-order valence-electron chi connectivity index (χ3n) is 4.48. The van der Waals surface area contributed by atoms with Gasteiger partial charge >= 0.3 is 5.97 Å². The molecule has 5 nitrogen and oxygen atoms in total.